The van der Waals surface area contributed by atoms with Crippen LogP contribution in [0.2, 0.25) is 0 Å². The largest absolute Gasteiger partial charge is 0.397 e. The van der Waals surface area contributed by atoms with Crippen LogP contribution in [0.15, 0.2) is 18.2 Å². The molecule has 0 spiro atoms. The molecule has 0 bridgehead atoms. The first-order chi connectivity index (χ1) is 9.01. The number of nitrogens with one attached hydrogen (secondary N) is 1. The summed E-state index contributed by atoms with van der Waals surface area (Å²) in [5, 5.41) is 2.55. The number of amides is 2. The number of nitrogens with two attached hydrogens (primary N) is 2. The number of anilines is 2. The van der Waals surface area contributed by atoms with E-state index in [-0.39, 0.29) is 12.5 Å². The van der Waals surface area contributed by atoms with E-state index in [4.69, 9.17) is 11.5 Å². The molecule has 0 aliphatic carbocycles. The van der Waals surface area contributed by atoms with Gasteiger partial charge in [-0.15, -0.1) is 0 Å². The van der Waals surface area contributed by atoms with Crippen molar-refractivity contribution in [1.82, 2.24) is 5.32 Å². The summed E-state index contributed by atoms with van der Waals surface area (Å²) in [7, 11) is 1.57. The van der Waals surface area contributed by atoms with E-state index in [1.54, 1.807) is 30.1 Å². The van der Waals surface area contributed by atoms with Gasteiger partial charge in [0.1, 0.15) is 0 Å². The highest BCUT2D eigenvalue weighted by Gasteiger charge is 2.18. The Bertz CT molecular complexity index is 474. The van der Waals surface area contributed by atoms with E-state index in [2.05, 4.69) is 5.32 Å². The number of nitrogen functional groups attached to an aromatic ring is 1. The molecule has 5 N–H and O–H groups in total. The number of primary amides is 1. The topological polar surface area (TPSA) is 101 Å². The summed E-state index contributed by atoms with van der Waals surface area (Å²) < 4.78 is 0. The molecule has 0 unspecified atom stereocenters. The zero-order valence-electron chi connectivity index (χ0n) is 11.3. The Kier molecular flexibility index (Phi) is 5.17. The predicted molar refractivity (Wildman–Crippen MR) is 75.9 cm³/mol. The second-order valence-corrected chi connectivity index (χ2v) is 4.20. The molecule has 0 atom stereocenters. The predicted octanol–water partition coefficient (Wildman–Crippen LogP) is 0.330. The standard InChI is InChI=1S/C13H20N4O2/c1-3-7-17(8-11(18)16-2)12-9(13(15)19)5-4-6-10(12)14/h4-6H,3,7-8,14H2,1-2H3,(H2,15,19)(H,16,18). The highest BCUT2D eigenvalue weighted by atomic mass is 16.2. The number of carbonyl (C=O) groups excluding carboxylic acids is 2. The van der Waals surface area contributed by atoms with Crippen molar-refractivity contribution >= 4 is 23.2 Å². The fraction of sp³-hybridized carbons (Fsp3) is 0.385. The molecular weight excluding hydrogens is 244 g/mol. The van der Waals surface area contributed by atoms with Gasteiger partial charge >= 0.3 is 0 Å². The Labute approximate surface area is 112 Å². The molecule has 0 aromatic heterocycles. The monoisotopic (exact) mass is 264 g/mol. The van der Waals surface area contributed by atoms with Crippen molar-refractivity contribution < 1.29 is 9.59 Å². The van der Waals surface area contributed by atoms with Gasteiger partial charge in [-0.3, -0.25) is 9.59 Å². The summed E-state index contributed by atoms with van der Waals surface area (Å²) in [4.78, 5) is 24.8. The zero-order valence-corrected chi connectivity index (χ0v) is 11.3. The van der Waals surface area contributed by atoms with Gasteiger partial charge in [0, 0.05) is 13.6 Å². The molecule has 0 saturated carbocycles. The third-order valence-electron chi connectivity index (χ3n) is 2.76. The number of likely N-dealkylation sites (N-methyl/N-ethyl adjacent to an activating group) is 1. The van der Waals surface area contributed by atoms with E-state index in [1.165, 1.54) is 0 Å². The maximum absolute atomic E-state index is 11.6. The average Bonchev–Trinajstić information content (AvgIpc) is 2.37. The Morgan fingerprint density at radius 2 is 2.05 bits per heavy atom. The molecule has 6 nitrogen and oxygen atoms in total. The number of hydrogen-bond donors (Lipinski definition) is 3. The van der Waals surface area contributed by atoms with E-state index < -0.39 is 5.91 Å². The number of para-hydroxylation sites is 1. The smallest absolute Gasteiger partial charge is 0.250 e. The molecule has 104 valence electrons. The molecule has 0 aliphatic heterocycles. The van der Waals surface area contributed by atoms with Crippen LogP contribution in [0.3, 0.4) is 0 Å². The fourth-order valence-corrected chi connectivity index (χ4v) is 1.91. The van der Waals surface area contributed by atoms with Crippen molar-refractivity contribution in [3.8, 4) is 0 Å². The van der Waals surface area contributed by atoms with Crippen LogP contribution < -0.4 is 21.7 Å². The van der Waals surface area contributed by atoms with Crippen LogP contribution in [0, 0.1) is 0 Å². The fourth-order valence-electron chi connectivity index (χ4n) is 1.91. The lowest BCUT2D eigenvalue weighted by molar-refractivity contribution is -0.119. The summed E-state index contributed by atoms with van der Waals surface area (Å²) in [6.45, 7) is 2.74. The normalized spacial score (nSPS) is 10.0. The van der Waals surface area contributed by atoms with Gasteiger partial charge in [-0.1, -0.05) is 13.0 Å². The van der Waals surface area contributed by atoms with Crippen LogP contribution in [0.4, 0.5) is 11.4 Å². The molecule has 0 heterocycles. The quantitative estimate of drug-likeness (QED) is 0.644. The van der Waals surface area contributed by atoms with Gasteiger partial charge in [0.2, 0.25) is 5.91 Å². The van der Waals surface area contributed by atoms with Crippen molar-refractivity contribution in [3.63, 3.8) is 0 Å². The van der Waals surface area contributed by atoms with Crippen molar-refractivity contribution in [1.29, 1.82) is 0 Å². The van der Waals surface area contributed by atoms with E-state index in [1.807, 2.05) is 6.92 Å². The molecule has 6 heteroatoms. The molecule has 19 heavy (non-hydrogen) atoms. The van der Waals surface area contributed by atoms with Crippen LogP contribution in [0.25, 0.3) is 0 Å². The lowest BCUT2D eigenvalue weighted by Crippen LogP contribution is -2.37. The van der Waals surface area contributed by atoms with Gasteiger partial charge in [0.25, 0.3) is 5.91 Å². The summed E-state index contributed by atoms with van der Waals surface area (Å²) in [6, 6.07) is 4.97. The van der Waals surface area contributed by atoms with Crippen LogP contribution in [-0.2, 0) is 4.79 Å². The third kappa shape index (κ3) is 3.61. The minimum Gasteiger partial charge on any atom is -0.397 e. The second kappa shape index (κ2) is 6.63. The van der Waals surface area contributed by atoms with E-state index in [0.29, 0.717) is 23.5 Å². The molecule has 1 rings (SSSR count). The molecule has 0 saturated heterocycles. The van der Waals surface area contributed by atoms with Crippen LogP contribution >= 0.6 is 0 Å². The molecule has 0 aliphatic rings. The maximum atomic E-state index is 11.6. The summed E-state index contributed by atoms with van der Waals surface area (Å²) in [6.07, 6.45) is 0.823. The Balaban J connectivity index is 3.20. The minimum atomic E-state index is -0.555. The van der Waals surface area contributed by atoms with Crippen molar-refractivity contribution in [3.05, 3.63) is 23.8 Å². The van der Waals surface area contributed by atoms with Crippen LogP contribution in [0.5, 0.6) is 0 Å². The van der Waals surface area contributed by atoms with Gasteiger partial charge in [0.15, 0.2) is 0 Å². The lowest BCUT2D eigenvalue weighted by Gasteiger charge is -2.26. The molecule has 0 radical (unpaired) electrons. The molecule has 2 amide bonds. The summed E-state index contributed by atoms with van der Waals surface area (Å²) >= 11 is 0. The molecule has 1 aromatic rings. The molecule has 1 aromatic carbocycles. The maximum Gasteiger partial charge on any atom is 0.250 e. The number of hydrogen-bond acceptors (Lipinski definition) is 4. The number of benzene rings is 1. The van der Waals surface area contributed by atoms with Gasteiger partial charge in [-0.2, -0.15) is 0 Å². The number of rotatable bonds is 6. The van der Waals surface area contributed by atoms with Crippen LogP contribution in [0.1, 0.15) is 23.7 Å². The van der Waals surface area contributed by atoms with Crippen molar-refractivity contribution in [2.45, 2.75) is 13.3 Å². The summed E-state index contributed by atoms with van der Waals surface area (Å²) in [5.41, 5.74) is 12.6. The first-order valence-electron chi connectivity index (χ1n) is 6.15. The number of carbonyl (C=O) groups is 2. The van der Waals surface area contributed by atoms with Gasteiger partial charge < -0.3 is 21.7 Å². The van der Waals surface area contributed by atoms with Crippen LogP contribution in [-0.4, -0.2) is 32.0 Å². The highest BCUT2D eigenvalue weighted by Crippen LogP contribution is 2.27. The lowest BCUT2D eigenvalue weighted by atomic mass is 10.1. The van der Waals surface area contributed by atoms with Gasteiger partial charge in [-0.05, 0) is 18.6 Å². The molecule has 0 fully saturated rings. The highest BCUT2D eigenvalue weighted by molar-refractivity contribution is 6.02. The Morgan fingerprint density at radius 3 is 2.58 bits per heavy atom. The van der Waals surface area contributed by atoms with Gasteiger partial charge in [-0.25, -0.2) is 0 Å². The Hall–Kier alpha value is -2.24. The van der Waals surface area contributed by atoms with E-state index in [0.717, 1.165) is 6.42 Å². The van der Waals surface area contributed by atoms with Crippen molar-refractivity contribution in [2.24, 2.45) is 5.73 Å². The first kappa shape index (κ1) is 14.8. The Morgan fingerprint density at radius 1 is 1.37 bits per heavy atom. The molecular formula is C13H20N4O2. The SMILES string of the molecule is CCCN(CC(=O)NC)c1c(N)cccc1C(N)=O. The average molecular weight is 264 g/mol. The first-order valence-corrected chi connectivity index (χ1v) is 6.15. The van der Waals surface area contributed by atoms with Gasteiger partial charge in [0.05, 0.1) is 23.5 Å². The third-order valence-corrected chi connectivity index (χ3v) is 2.76. The summed E-state index contributed by atoms with van der Waals surface area (Å²) in [5.74, 6) is -0.701. The number of nitrogens with zero attached hydrogens (tertiary/aromatic N) is 1. The van der Waals surface area contributed by atoms with E-state index in [9.17, 15) is 9.59 Å². The van der Waals surface area contributed by atoms with Crippen molar-refractivity contribution in [2.75, 3.05) is 30.8 Å². The van der Waals surface area contributed by atoms with E-state index >= 15 is 0 Å². The second-order valence-electron chi connectivity index (χ2n) is 4.20. The zero-order chi connectivity index (χ0) is 14.4. The minimum absolute atomic E-state index is 0.138.